The van der Waals surface area contributed by atoms with Crippen molar-refractivity contribution in [1.29, 1.82) is 0 Å². The third-order valence-electron chi connectivity index (χ3n) is 7.20. The first-order valence-corrected chi connectivity index (χ1v) is 17.1. The van der Waals surface area contributed by atoms with Gasteiger partial charge in [-0.1, -0.05) is 61.5 Å². The predicted octanol–water partition coefficient (Wildman–Crippen LogP) is 2.16. The first-order valence-electron chi connectivity index (χ1n) is 14.9. The average Bonchev–Trinajstić information content (AvgIpc) is 3.01. The summed E-state index contributed by atoms with van der Waals surface area (Å²) in [6, 6.07) is 12.1. The standard InChI is InChI=1S/C31H48N6O5S2/c1-4-5-18-37(20-43-21-44-26-15-9-10-17-34-26)27(39)16-11-14-25(29(33)40)36(3)31(42)24(19-23-12-7-6-8-13-23)35-30(41)28(32)22(2)38/h6-10,12-13,15,17,22,24-25,28,30,35,38,41H,4-5,11,14,16,18-21,32H2,1-3H3,(H2,33,40)/t22-,24+,25+,28+,30?/m1/s1. The van der Waals surface area contributed by atoms with E-state index in [4.69, 9.17) is 11.5 Å². The zero-order valence-corrected chi connectivity index (χ0v) is 27.5. The van der Waals surface area contributed by atoms with Crippen LogP contribution in [0.2, 0.25) is 0 Å². The Morgan fingerprint density at radius 1 is 1.07 bits per heavy atom. The van der Waals surface area contributed by atoms with Crippen molar-refractivity contribution in [3.05, 3.63) is 60.3 Å². The summed E-state index contributed by atoms with van der Waals surface area (Å²) in [5, 5.41) is 24.9. The van der Waals surface area contributed by atoms with E-state index in [1.54, 1.807) is 29.7 Å². The maximum absolute atomic E-state index is 13.7. The van der Waals surface area contributed by atoms with Crippen molar-refractivity contribution < 1.29 is 24.6 Å². The van der Waals surface area contributed by atoms with Gasteiger partial charge in [-0.15, -0.1) is 11.8 Å². The van der Waals surface area contributed by atoms with Crippen LogP contribution in [-0.2, 0) is 20.8 Å². The number of hydrogen-bond donors (Lipinski definition) is 5. The second kappa shape index (κ2) is 20.4. The second-order valence-electron chi connectivity index (χ2n) is 10.7. The first-order chi connectivity index (χ1) is 21.0. The van der Waals surface area contributed by atoms with Gasteiger partial charge in [0, 0.05) is 31.3 Å². The first kappa shape index (κ1) is 37.5. The zero-order valence-electron chi connectivity index (χ0n) is 25.9. The van der Waals surface area contributed by atoms with Gasteiger partial charge in [-0.25, -0.2) is 4.98 Å². The Labute approximate surface area is 269 Å². The molecule has 0 aliphatic heterocycles. The monoisotopic (exact) mass is 648 g/mol. The number of aliphatic hydroxyl groups excluding tert-OH is 2. The molecule has 0 saturated heterocycles. The molecule has 0 bridgehead atoms. The van der Waals surface area contributed by atoms with Gasteiger partial charge in [0.05, 0.1) is 29.1 Å². The molecule has 1 heterocycles. The number of nitrogens with one attached hydrogen (secondary N) is 1. The van der Waals surface area contributed by atoms with Gasteiger partial charge < -0.3 is 31.5 Å². The fourth-order valence-corrected chi connectivity index (χ4v) is 6.39. The van der Waals surface area contributed by atoms with Crippen molar-refractivity contribution in [2.45, 2.75) is 87.9 Å². The molecule has 0 saturated carbocycles. The van der Waals surface area contributed by atoms with Crippen LogP contribution in [0.3, 0.4) is 0 Å². The summed E-state index contributed by atoms with van der Waals surface area (Å²) in [6.45, 7) is 4.18. The summed E-state index contributed by atoms with van der Waals surface area (Å²) < 4.78 is 0. The lowest BCUT2D eigenvalue weighted by atomic mass is 10.0. The second-order valence-corrected chi connectivity index (χ2v) is 13.0. The normalized spacial score (nSPS) is 14.7. The molecule has 0 spiro atoms. The fourth-order valence-electron chi connectivity index (χ4n) is 4.47. The Morgan fingerprint density at radius 2 is 1.77 bits per heavy atom. The molecule has 1 unspecified atom stereocenters. The third kappa shape index (κ3) is 13.1. The highest BCUT2D eigenvalue weighted by Gasteiger charge is 2.33. The topological polar surface area (TPSA) is 175 Å². The summed E-state index contributed by atoms with van der Waals surface area (Å²) >= 11 is 3.27. The van der Waals surface area contributed by atoms with Crippen LogP contribution in [0.15, 0.2) is 59.8 Å². The van der Waals surface area contributed by atoms with Gasteiger partial charge in [-0.2, -0.15) is 0 Å². The number of rotatable bonds is 21. The summed E-state index contributed by atoms with van der Waals surface area (Å²) in [6.07, 6.45) is 2.22. The maximum Gasteiger partial charge on any atom is 0.240 e. The Hall–Kier alpha value is -2.68. The van der Waals surface area contributed by atoms with Crippen molar-refractivity contribution in [1.82, 2.24) is 20.1 Å². The number of carbonyl (C=O) groups is 3. The number of thioether (sulfide) groups is 2. The molecule has 0 aliphatic carbocycles. The molecule has 0 radical (unpaired) electrons. The summed E-state index contributed by atoms with van der Waals surface area (Å²) in [4.78, 5) is 46.7. The number of hydrogen-bond acceptors (Lipinski definition) is 10. The lowest BCUT2D eigenvalue weighted by Gasteiger charge is -2.32. The van der Waals surface area contributed by atoms with E-state index in [0.717, 1.165) is 28.5 Å². The highest BCUT2D eigenvalue weighted by Crippen LogP contribution is 2.21. The van der Waals surface area contributed by atoms with Crippen molar-refractivity contribution in [3.63, 3.8) is 0 Å². The molecule has 0 aliphatic rings. The van der Waals surface area contributed by atoms with Crippen LogP contribution in [-0.4, -0.2) is 97.7 Å². The van der Waals surface area contributed by atoms with Gasteiger partial charge in [0.25, 0.3) is 0 Å². The molecule has 13 heteroatoms. The number of carbonyl (C=O) groups excluding carboxylic acids is 3. The lowest BCUT2D eigenvalue weighted by Crippen LogP contribution is -2.59. The molecule has 7 N–H and O–H groups in total. The summed E-state index contributed by atoms with van der Waals surface area (Å²) in [5.74, 6) is -0.602. The van der Waals surface area contributed by atoms with Gasteiger partial charge in [-0.3, -0.25) is 19.7 Å². The Bertz CT molecular complexity index is 1130. The number of nitrogens with two attached hydrogens (primary N) is 2. The van der Waals surface area contributed by atoms with Crippen LogP contribution >= 0.6 is 23.5 Å². The number of aromatic nitrogens is 1. The van der Waals surface area contributed by atoms with E-state index >= 15 is 0 Å². The van der Waals surface area contributed by atoms with Gasteiger partial charge >= 0.3 is 0 Å². The number of amides is 3. The van der Waals surface area contributed by atoms with Crippen molar-refractivity contribution in [2.75, 3.05) is 24.6 Å². The van der Waals surface area contributed by atoms with Crippen LogP contribution in [0, 0.1) is 0 Å². The van der Waals surface area contributed by atoms with Gasteiger partial charge in [-0.05, 0) is 50.3 Å². The Kier molecular flexibility index (Phi) is 17.4. The predicted molar refractivity (Wildman–Crippen MR) is 176 cm³/mol. The summed E-state index contributed by atoms with van der Waals surface area (Å²) in [7, 11) is 1.49. The lowest BCUT2D eigenvalue weighted by molar-refractivity contribution is -0.140. The van der Waals surface area contributed by atoms with E-state index in [1.165, 1.54) is 18.9 Å². The van der Waals surface area contributed by atoms with Crippen LogP contribution in [0.25, 0.3) is 0 Å². The molecule has 5 atom stereocenters. The largest absolute Gasteiger partial charge is 0.392 e. The molecule has 2 aromatic rings. The molecular weight excluding hydrogens is 601 g/mol. The minimum atomic E-state index is -1.37. The minimum absolute atomic E-state index is 0.00941. The number of pyridine rings is 1. The maximum atomic E-state index is 13.7. The molecular formula is C31H48N6O5S2. The van der Waals surface area contributed by atoms with Crippen molar-refractivity contribution in [2.24, 2.45) is 11.5 Å². The highest BCUT2D eigenvalue weighted by molar-refractivity contribution is 8.15. The fraction of sp³-hybridized carbons (Fsp3) is 0.548. The van der Waals surface area contributed by atoms with Crippen LogP contribution in [0.1, 0.15) is 51.5 Å². The SMILES string of the molecule is CCCCN(CSCSc1ccccn1)C(=O)CCC[C@@H](C(N)=O)N(C)C(=O)[C@H](Cc1ccccc1)NC(O)[C@@H](N)[C@@H](C)O. The van der Waals surface area contributed by atoms with E-state index in [9.17, 15) is 24.6 Å². The highest BCUT2D eigenvalue weighted by atomic mass is 32.2. The Balaban J connectivity index is 2.01. The van der Waals surface area contributed by atoms with E-state index < -0.39 is 42.3 Å². The molecule has 1 aromatic heterocycles. The Morgan fingerprint density at radius 3 is 2.39 bits per heavy atom. The number of unbranched alkanes of at least 4 members (excludes halogenated alkanes) is 1. The summed E-state index contributed by atoms with van der Waals surface area (Å²) in [5.41, 5.74) is 12.5. The number of benzene rings is 1. The van der Waals surface area contributed by atoms with Gasteiger partial charge in [0.15, 0.2) is 0 Å². The van der Waals surface area contributed by atoms with Crippen LogP contribution in [0.5, 0.6) is 0 Å². The average molecular weight is 649 g/mol. The number of nitrogens with zero attached hydrogens (tertiary/aromatic N) is 3. The molecule has 44 heavy (non-hydrogen) atoms. The smallest absolute Gasteiger partial charge is 0.240 e. The third-order valence-corrected chi connectivity index (χ3v) is 9.36. The van der Waals surface area contributed by atoms with E-state index in [1.807, 2.05) is 53.4 Å². The molecule has 3 amide bonds. The van der Waals surface area contributed by atoms with Crippen molar-refractivity contribution >= 4 is 41.2 Å². The van der Waals surface area contributed by atoms with E-state index in [-0.39, 0.29) is 25.2 Å². The molecule has 0 fully saturated rings. The number of likely N-dealkylation sites (N-methyl/N-ethyl adjacent to an activating group) is 1. The van der Waals surface area contributed by atoms with Gasteiger partial charge in [0.2, 0.25) is 17.7 Å². The molecule has 1 aromatic carbocycles. The van der Waals surface area contributed by atoms with E-state index in [0.29, 0.717) is 18.8 Å². The zero-order chi connectivity index (χ0) is 32.5. The van der Waals surface area contributed by atoms with Crippen LogP contribution < -0.4 is 16.8 Å². The number of aliphatic hydroxyl groups is 2. The van der Waals surface area contributed by atoms with Crippen molar-refractivity contribution in [3.8, 4) is 0 Å². The molecule has 244 valence electrons. The molecule has 11 nitrogen and oxygen atoms in total. The van der Waals surface area contributed by atoms with Crippen LogP contribution in [0.4, 0.5) is 0 Å². The quantitative estimate of drug-likeness (QED) is 0.0766. The molecule has 2 rings (SSSR count). The van der Waals surface area contributed by atoms with Gasteiger partial charge in [0.1, 0.15) is 12.3 Å². The minimum Gasteiger partial charge on any atom is -0.392 e. The number of primary amides is 1. The van der Waals surface area contributed by atoms with E-state index in [2.05, 4.69) is 17.2 Å².